The van der Waals surface area contributed by atoms with E-state index < -0.39 is 27.3 Å². The zero-order valence-electron chi connectivity index (χ0n) is 28.6. The first kappa shape index (κ1) is 39.7. The molecule has 9 nitrogen and oxygen atoms in total. The van der Waals surface area contributed by atoms with Crippen LogP contribution in [0.5, 0.6) is 0 Å². The van der Waals surface area contributed by atoms with Crippen LogP contribution in [0.1, 0.15) is 36.1 Å². The predicted molar refractivity (Wildman–Crippen MR) is 191 cm³/mol. The minimum Gasteiger partial charge on any atom is -0.336 e. The Labute approximate surface area is 299 Å². The van der Waals surface area contributed by atoms with Gasteiger partial charge in [-0.2, -0.15) is 18.2 Å². The lowest BCUT2D eigenvalue weighted by atomic mass is 10.0. The van der Waals surface area contributed by atoms with Crippen LogP contribution < -0.4 is 10.3 Å². The van der Waals surface area contributed by atoms with Crippen LogP contribution in [0.4, 0.5) is 17.6 Å². The molecule has 1 aromatic heterocycles. The van der Waals surface area contributed by atoms with Crippen LogP contribution in [0.2, 0.25) is 0 Å². The lowest BCUT2D eigenvalue weighted by Crippen LogP contribution is -2.40. The number of benzene rings is 3. The number of halogens is 4. The Balaban J connectivity index is 1.59. The van der Waals surface area contributed by atoms with Gasteiger partial charge in [-0.1, -0.05) is 74.1 Å². The molecule has 0 aliphatic heterocycles. The van der Waals surface area contributed by atoms with Crippen molar-refractivity contribution in [2.45, 2.75) is 50.4 Å². The maximum atomic E-state index is 14.1. The number of rotatable bonds is 17. The Kier molecular flexibility index (Phi) is 14.0. The third-order valence-corrected chi connectivity index (χ3v) is 9.97. The number of likely N-dealkylation sites (N-methyl/N-ethyl adjacent to an activating group) is 1. The molecule has 0 saturated heterocycles. The van der Waals surface area contributed by atoms with Crippen molar-refractivity contribution in [3.63, 3.8) is 0 Å². The summed E-state index contributed by atoms with van der Waals surface area (Å²) in [5, 5.41) is 0.280. The highest BCUT2D eigenvalue weighted by molar-refractivity contribution is 7.98. The number of hydrogen-bond acceptors (Lipinski definition) is 7. The molecule has 4 rings (SSSR count). The summed E-state index contributed by atoms with van der Waals surface area (Å²) in [5.41, 5.74) is 1.93. The van der Waals surface area contributed by atoms with Crippen LogP contribution >= 0.6 is 11.8 Å². The number of aromatic nitrogens is 2. The number of sulfonamides is 1. The topological polar surface area (TPSA) is 105 Å². The number of thioether (sulfide) groups is 1. The van der Waals surface area contributed by atoms with Crippen molar-refractivity contribution in [1.82, 2.24) is 24.1 Å². The number of amides is 1. The summed E-state index contributed by atoms with van der Waals surface area (Å²) in [6.45, 7) is 6.73. The van der Waals surface area contributed by atoms with Crippen LogP contribution in [-0.2, 0) is 46.3 Å². The van der Waals surface area contributed by atoms with Crippen molar-refractivity contribution in [1.29, 1.82) is 0 Å². The molecule has 0 aliphatic carbocycles. The van der Waals surface area contributed by atoms with Gasteiger partial charge in [0.25, 0.3) is 5.56 Å². The predicted octanol–water partition coefficient (Wildman–Crippen LogP) is 5.82. The normalized spacial score (nSPS) is 12.0. The summed E-state index contributed by atoms with van der Waals surface area (Å²) in [5.74, 6) is -0.272. The first-order valence-corrected chi connectivity index (χ1v) is 19.2. The van der Waals surface area contributed by atoms with Crippen molar-refractivity contribution < 1.29 is 30.8 Å². The van der Waals surface area contributed by atoms with Crippen molar-refractivity contribution in [3.8, 4) is 11.1 Å². The summed E-state index contributed by atoms with van der Waals surface area (Å²) in [7, 11) is -3.49. The van der Waals surface area contributed by atoms with Gasteiger partial charge >= 0.3 is 6.18 Å². The Hall–Kier alpha value is -4.05. The summed E-state index contributed by atoms with van der Waals surface area (Å²) in [4.78, 5) is 35.2. The molecule has 51 heavy (non-hydrogen) atoms. The Morgan fingerprint density at radius 2 is 1.49 bits per heavy atom. The lowest BCUT2D eigenvalue weighted by Gasteiger charge is -2.27. The van der Waals surface area contributed by atoms with E-state index in [4.69, 9.17) is 0 Å². The average Bonchev–Trinajstić information content (AvgIpc) is 3.08. The Bertz CT molecular complexity index is 1920. The van der Waals surface area contributed by atoms with Gasteiger partial charge in [-0.05, 0) is 66.0 Å². The van der Waals surface area contributed by atoms with Crippen LogP contribution in [-0.4, -0.2) is 72.7 Å². The van der Waals surface area contributed by atoms with E-state index in [2.05, 4.69) is 14.6 Å². The molecule has 0 bridgehead atoms. The third-order valence-electron chi connectivity index (χ3n) is 8.18. The van der Waals surface area contributed by atoms with Gasteiger partial charge in [0.05, 0.1) is 11.8 Å². The van der Waals surface area contributed by atoms with Crippen molar-refractivity contribution in [2.75, 3.05) is 39.0 Å². The van der Waals surface area contributed by atoms with Gasteiger partial charge in [0, 0.05) is 43.7 Å². The summed E-state index contributed by atoms with van der Waals surface area (Å²) >= 11 is 1.22. The molecule has 3 aromatic carbocycles. The van der Waals surface area contributed by atoms with Crippen LogP contribution in [0.25, 0.3) is 11.1 Å². The largest absolute Gasteiger partial charge is 0.416 e. The SMILES string of the molecule is CCN(CC)CCN(Cc1ccc(-c2ccc(C(F)(F)F)cc2)cc1)C(=O)Cn1cc(CCNS(C)(=O)=O)c(=O)nc1SCc1ccc(F)cc1. The molecule has 15 heteroatoms. The number of nitrogens with one attached hydrogen (secondary N) is 1. The van der Waals surface area contributed by atoms with Crippen LogP contribution in [0.3, 0.4) is 0 Å². The monoisotopic (exact) mass is 747 g/mol. The quantitative estimate of drug-likeness (QED) is 0.0825. The molecular formula is C36H41F4N5O4S2. The fourth-order valence-electron chi connectivity index (χ4n) is 5.24. The minimum atomic E-state index is -4.42. The van der Waals surface area contributed by atoms with Crippen molar-refractivity contribution >= 4 is 27.7 Å². The Morgan fingerprint density at radius 1 is 0.902 bits per heavy atom. The molecule has 0 saturated carbocycles. The molecule has 274 valence electrons. The number of carbonyl (C=O) groups is 1. The molecule has 4 aromatic rings. The molecule has 0 fully saturated rings. The zero-order valence-corrected chi connectivity index (χ0v) is 30.3. The summed E-state index contributed by atoms with van der Waals surface area (Å²) < 4.78 is 79.7. The molecule has 0 radical (unpaired) electrons. The van der Waals surface area contributed by atoms with Crippen molar-refractivity contribution in [2.24, 2.45) is 0 Å². The number of carbonyl (C=O) groups excluding carboxylic acids is 1. The average molecular weight is 748 g/mol. The molecule has 0 unspecified atom stereocenters. The standard InChI is InChI=1S/C36H41F4N5O4S2/c1-4-43(5-2)20-21-44(22-26-6-10-28(11-7-26)29-12-14-31(15-13-29)36(38,39)40)33(46)24-45-23-30(18-19-41-51(3,48)49)34(47)42-35(45)50-25-27-8-16-32(37)17-9-27/h6-17,23,41H,4-5,18-22,24-25H2,1-3H3. The van der Waals surface area contributed by atoms with Gasteiger partial charge in [0.15, 0.2) is 5.16 Å². The second-order valence-corrected chi connectivity index (χ2v) is 14.7. The maximum Gasteiger partial charge on any atom is 0.416 e. The van der Waals surface area contributed by atoms with Gasteiger partial charge in [0.2, 0.25) is 15.9 Å². The van der Waals surface area contributed by atoms with E-state index in [0.717, 1.165) is 48.2 Å². The Morgan fingerprint density at radius 3 is 2.06 bits per heavy atom. The first-order chi connectivity index (χ1) is 24.1. The second kappa shape index (κ2) is 17.9. The summed E-state index contributed by atoms with van der Waals surface area (Å²) in [6.07, 6.45) is -1.81. The third kappa shape index (κ3) is 12.3. The number of nitrogens with zero attached hydrogens (tertiary/aromatic N) is 4. The minimum absolute atomic E-state index is 0.0236. The van der Waals surface area contributed by atoms with Gasteiger partial charge in [-0.25, -0.2) is 17.5 Å². The zero-order chi connectivity index (χ0) is 37.2. The molecule has 0 aliphatic rings. The summed E-state index contributed by atoms with van der Waals surface area (Å²) in [6, 6.07) is 18.1. The number of alkyl halides is 3. The van der Waals surface area contributed by atoms with Gasteiger partial charge < -0.3 is 14.4 Å². The number of hydrogen-bond donors (Lipinski definition) is 1. The van der Waals surface area contributed by atoms with Gasteiger partial charge in [0.1, 0.15) is 12.4 Å². The van der Waals surface area contributed by atoms with E-state index in [1.807, 2.05) is 26.0 Å². The van der Waals surface area contributed by atoms with E-state index in [1.165, 1.54) is 42.2 Å². The molecular weight excluding hydrogens is 707 g/mol. The molecule has 0 spiro atoms. The molecule has 0 atom stereocenters. The van der Waals surface area contributed by atoms with E-state index in [-0.39, 0.29) is 48.5 Å². The first-order valence-electron chi connectivity index (χ1n) is 16.3. The smallest absolute Gasteiger partial charge is 0.336 e. The fourth-order valence-corrected chi connectivity index (χ4v) is 6.63. The van der Waals surface area contributed by atoms with E-state index in [9.17, 15) is 35.6 Å². The van der Waals surface area contributed by atoms with Gasteiger partial charge in [-0.15, -0.1) is 0 Å². The second-order valence-electron chi connectivity index (χ2n) is 11.9. The highest BCUT2D eigenvalue weighted by atomic mass is 32.2. The van der Waals surface area contributed by atoms with Crippen LogP contribution in [0, 0.1) is 5.82 Å². The maximum absolute atomic E-state index is 14.1. The fraction of sp³-hybridized carbons (Fsp3) is 0.361. The molecule has 1 amide bonds. The molecule has 1 heterocycles. The van der Waals surface area contributed by atoms with Crippen molar-refractivity contribution in [3.05, 3.63) is 117 Å². The molecule has 1 N–H and O–H groups in total. The highest BCUT2D eigenvalue weighted by Crippen LogP contribution is 2.31. The lowest BCUT2D eigenvalue weighted by molar-refractivity contribution is -0.137. The van der Waals surface area contributed by atoms with E-state index in [0.29, 0.717) is 24.4 Å². The van der Waals surface area contributed by atoms with Crippen LogP contribution in [0.15, 0.2) is 88.9 Å². The highest BCUT2D eigenvalue weighted by Gasteiger charge is 2.30. The van der Waals surface area contributed by atoms with Gasteiger partial charge in [-0.3, -0.25) is 9.59 Å². The van der Waals surface area contributed by atoms with E-state index in [1.54, 1.807) is 33.7 Å². The van der Waals surface area contributed by atoms with E-state index >= 15 is 0 Å².